The third-order valence-corrected chi connectivity index (χ3v) is 3.63. The van der Waals surface area contributed by atoms with E-state index in [1.54, 1.807) is 6.92 Å². The Bertz CT molecular complexity index is 466. The molecule has 0 radical (unpaired) electrons. The lowest BCUT2D eigenvalue weighted by Crippen LogP contribution is -2.24. The molecule has 106 valence electrons. The molecule has 0 spiro atoms. The second-order valence-corrected chi connectivity index (χ2v) is 5.57. The molecule has 0 bridgehead atoms. The lowest BCUT2D eigenvalue weighted by atomic mass is 10.2. The zero-order chi connectivity index (χ0) is 14.6. The summed E-state index contributed by atoms with van der Waals surface area (Å²) in [7, 11) is 0. The molecule has 0 aliphatic heterocycles. The van der Waals surface area contributed by atoms with Crippen LogP contribution in [0.1, 0.15) is 13.3 Å². The van der Waals surface area contributed by atoms with Gasteiger partial charge in [0.1, 0.15) is 0 Å². The molecule has 1 aromatic carbocycles. The van der Waals surface area contributed by atoms with Gasteiger partial charge in [-0.3, -0.25) is 4.79 Å². The summed E-state index contributed by atoms with van der Waals surface area (Å²) in [6.45, 7) is 1.77. The number of carbonyl (C=O) groups is 1. The van der Waals surface area contributed by atoms with E-state index in [0.717, 1.165) is 6.07 Å². The van der Waals surface area contributed by atoms with E-state index in [2.05, 4.69) is 41.9 Å². The quantitative estimate of drug-likeness (QED) is 0.752. The van der Waals surface area contributed by atoms with Gasteiger partial charge in [0, 0.05) is 4.47 Å². The first-order valence-electron chi connectivity index (χ1n) is 5.23. The number of halogens is 5. The maximum Gasteiger partial charge on any atom is 0.573 e. The minimum Gasteiger partial charge on any atom is -0.404 e. The Morgan fingerprint density at radius 2 is 2.11 bits per heavy atom. The van der Waals surface area contributed by atoms with E-state index in [-0.39, 0.29) is 5.69 Å². The van der Waals surface area contributed by atoms with Crippen LogP contribution in [0.15, 0.2) is 22.7 Å². The van der Waals surface area contributed by atoms with Gasteiger partial charge in [0.25, 0.3) is 0 Å². The zero-order valence-electron chi connectivity index (χ0n) is 9.72. The van der Waals surface area contributed by atoms with E-state index >= 15 is 0 Å². The molecule has 0 aliphatic rings. The zero-order valence-corrected chi connectivity index (χ0v) is 12.9. The van der Waals surface area contributed by atoms with Crippen molar-refractivity contribution in [2.75, 3.05) is 5.32 Å². The smallest absolute Gasteiger partial charge is 0.404 e. The van der Waals surface area contributed by atoms with Crippen molar-refractivity contribution in [2.24, 2.45) is 0 Å². The molecule has 1 aromatic rings. The predicted molar refractivity (Wildman–Crippen MR) is 72.5 cm³/mol. The van der Waals surface area contributed by atoms with E-state index in [1.165, 1.54) is 12.1 Å². The van der Waals surface area contributed by atoms with Gasteiger partial charge < -0.3 is 10.1 Å². The summed E-state index contributed by atoms with van der Waals surface area (Å²) >= 11 is 6.16. The lowest BCUT2D eigenvalue weighted by Gasteiger charge is -2.15. The maximum absolute atomic E-state index is 12.3. The molecular weight excluding hydrogens is 395 g/mol. The molecule has 19 heavy (non-hydrogen) atoms. The Hall–Kier alpha value is -0.760. The van der Waals surface area contributed by atoms with Crippen LogP contribution in [-0.4, -0.2) is 17.1 Å². The number of amides is 1. The van der Waals surface area contributed by atoms with Crippen molar-refractivity contribution < 1.29 is 22.7 Å². The summed E-state index contributed by atoms with van der Waals surface area (Å²) in [6.07, 6.45) is -4.31. The highest BCUT2D eigenvalue weighted by Gasteiger charge is 2.32. The van der Waals surface area contributed by atoms with E-state index in [4.69, 9.17) is 0 Å². The molecule has 1 rings (SSSR count). The fraction of sp³-hybridized carbons (Fsp3) is 0.364. The second-order valence-electron chi connectivity index (χ2n) is 3.55. The van der Waals surface area contributed by atoms with Gasteiger partial charge >= 0.3 is 6.36 Å². The molecule has 1 amide bonds. The van der Waals surface area contributed by atoms with Gasteiger partial charge in [-0.15, -0.1) is 13.2 Å². The van der Waals surface area contributed by atoms with E-state index in [9.17, 15) is 18.0 Å². The summed E-state index contributed by atoms with van der Waals surface area (Å²) in [4.78, 5) is 11.2. The second kappa shape index (κ2) is 6.60. The number of rotatable bonds is 4. The molecule has 1 N–H and O–H groups in total. The van der Waals surface area contributed by atoms with Crippen LogP contribution in [0.25, 0.3) is 0 Å². The molecule has 0 saturated carbocycles. The van der Waals surface area contributed by atoms with Crippen LogP contribution in [0, 0.1) is 0 Å². The fourth-order valence-electron chi connectivity index (χ4n) is 1.20. The van der Waals surface area contributed by atoms with Gasteiger partial charge in [-0.2, -0.15) is 0 Å². The Morgan fingerprint density at radius 3 is 2.63 bits per heavy atom. The van der Waals surface area contributed by atoms with Gasteiger partial charge in [-0.25, -0.2) is 0 Å². The Morgan fingerprint density at radius 1 is 1.47 bits per heavy atom. The molecule has 0 aliphatic carbocycles. The summed E-state index contributed by atoms with van der Waals surface area (Å²) in [5, 5.41) is 2.38. The van der Waals surface area contributed by atoms with Crippen LogP contribution in [0.2, 0.25) is 0 Å². The molecule has 0 heterocycles. The van der Waals surface area contributed by atoms with E-state index < -0.39 is 22.8 Å². The van der Waals surface area contributed by atoms with Gasteiger partial charge in [-0.05, 0) is 24.6 Å². The Kier molecular flexibility index (Phi) is 5.66. The predicted octanol–water partition coefficient (Wildman–Crippen LogP) is 4.46. The van der Waals surface area contributed by atoms with Crippen LogP contribution in [0.4, 0.5) is 18.9 Å². The summed E-state index contributed by atoms with van der Waals surface area (Å²) in [5.74, 6) is -0.900. The van der Waals surface area contributed by atoms with E-state index in [1.807, 2.05) is 0 Å². The van der Waals surface area contributed by atoms with Crippen molar-refractivity contribution in [3.05, 3.63) is 22.7 Å². The number of hydrogen-bond acceptors (Lipinski definition) is 2. The standard InChI is InChI=1S/C11H10Br2F3NO2/c1-2-7(13)10(18)17-8-4-3-6(12)5-9(8)19-11(14,15)16/h3-5,7H,2H2,1H3,(H,17,18). The minimum atomic E-state index is -4.82. The van der Waals surface area contributed by atoms with Crippen molar-refractivity contribution >= 4 is 43.5 Å². The van der Waals surface area contributed by atoms with Crippen LogP contribution in [-0.2, 0) is 4.79 Å². The average molecular weight is 405 g/mol. The number of hydrogen-bond donors (Lipinski definition) is 1. The monoisotopic (exact) mass is 403 g/mol. The summed E-state index contributed by atoms with van der Waals surface area (Å²) in [5.41, 5.74) is -0.0385. The third-order valence-electron chi connectivity index (χ3n) is 2.07. The molecule has 3 nitrogen and oxygen atoms in total. The van der Waals surface area contributed by atoms with Gasteiger partial charge in [0.2, 0.25) is 5.91 Å². The van der Waals surface area contributed by atoms with Crippen LogP contribution in [0.5, 0.6) is 5.75 Å². The molecule has 0 aromatic heterocycles. The summed E-state index contributed by atoms with van der Waals surface area (Å²) < 4.78 is 41.0. The number of ether oxygens (including phenoxy) is 1. The number of benzene rings is 1. The molecule has 0 saturated heterocycles. The van der Waals surface area contributed by atoms with Crippen molar-refractivity contribution in [3.63, 3.8) is 0 Å². The number of alkyl halides is 4. The Balaban J connectivity index is 2.97. The number of carbonyl (C=O) groups excluding carboxylic acids is 1. The lowest BCUT2D eigenvalue weighted by molar-refractivity contribution is -0.274. The molecule has 1 atom stereocenters. The van der Waals surface area contributed by atoms with E-state index in [0.29, 0.717) is 10.9 Å². The van der Waals surface area contributed by atoms with Gasteiger partial charge in [0.15, 0.2) is 5.75 Å². The normalized spacial score (nSPS) is 12.9. The number of anilines is 1. The van der Waals surface area contributed by atoms with Crippen LogP contribution >= 0.6 is 31.9 Å². The SMILES string of the molecule is CCC(Br)C(=O)Nc1ccc(Br)cc1OC(F)(F)F. The molecule has 8 heteroatoms. The third kappa shape index (κ3) is 5.40. The van der Waals surface area contributed by atoms with Crippen LogP contribution in [0.3, 0.4) is 0 Å². The number of nitrogens with one attached hydrogen (secondary N) is 1. The van der Waals surface area contributed by atoms with Crippen LogP contribution < -0.4 is 10.1 Å². The maximum atomic E-state index is 12.3. The topological polar surface area (TPSA) is 38.3 Å². The molecular formula is C11H10Br2F3NO2. The molecule has 0 fully saturated rings. The first-order chi connectivity index (χ1) is 8.73. The highest BCUT2D eigenvalue weighted by molar-refractivity contribution is 9.10. The minimum absolute atomic E-state index is 0.0385. The van der Waals surface area contributed by atoms with Crippen molar-refractivity contribution in [1.82, 2.24) is 0 Å². The van der Waals surface area contributed by atoms with Gasteiger partial charge in [-0.1, -0.05) is 38.8 Å². The average Bonchev–Trinajstić information content (AvgIpc) is 2.29. The van der Waals surface area contributed by atoms with Crippen molar-refractivity contribution in [1.29, 1.82) is 0 Å². The van der Waals surface area contributed by atoms with Gasteiger partial charge in [0.05, 0.1) is 10.5 Å². The highest BCUT2D eigenvalue weighted by Crippen LogP contribution is 2.33. The van der Waals surface area contributed by atoms with Crippen molar-refractivity contribution in [3.8, 4) is 5.75 Å². The molecule has 1 unspecified atom stereocenters. The van der Waals surface area contributed by atoms with Crippen molar-refractivity contribution in [2.45, 2.75) is 24.5 Å². The largest absolute Gasteiger partial charge is 0.573 e. The Labute approximate surface area is 124 Å². The first kappa shape index (κ1) is 16.3. The fourth-order valence-corrected chi connectivity index (χ4v) is 1.66. The summed E-state index contributed by atoms with van der Waals surface area (Å²) in [6, 6.07) is 3.98. The first-order valence-corrected chi connectivity index (χ1v) is 6.94. The highest BCUT2D eigenvalue weighted by atomic mass is 79.9.